The van der Waals surface area contributed by atoms with Gasteiger partial charge in [-0.05, 0) is 74.5 Å². The second kappa shape index (κ2) is 9.42. The lowest BCUT2D eigenvalue weighted by Gasteiger charge is -2.26. The topological polar surface area (TPSA) is 63.3 Å². The number of amides is 1. The third-order valence-electron chi connectivity index (χ3n) is 6.01. The molecular formula is C26H25FN4O2. The first-order valence-electron chi connectivity index (χ1n) is 11.2. The molecule has 1 N–H and O–H groups in total. The van der Waals surface area contributed by atoms with Crippen molar-refractivity contribution in [2.24, 2.45) is 0 Å². The van der Waals surface area contributed by atoms with E-state index < -0.39 is 0 Å². The van der Waals surface area contributed by atoms with Crippen LogP contribution in [0.5, 0.6) is 0 Å². The number of furan rings is 1. The standard InChI is InChI=1S/C26H25FN4O2/c27-20-12-10-19(11-13-20)25-22(18-31(29-25)21-7-2-1-3-8-21)26(32)28-17-23(24-9-6-16-33-24)30-14-4-5-15-30/h1-3,6-13,16,18,23H,4-5,14-15,17H2,(H,28,32)/t23-/m0/s1. The highest BCUT2D eigenvalue weighted by atomic mass is 19.1. The molecule has 1 aliphatic rings. The van der Waals surface area contributed by atoms with Gasteiger partial charge in [0.05, 0.1) is 23.6 Å². The third-order valence-corrected chi connectivity index (χ3v) is 6.01. The minimum atomic E-state index is -0.334. The van der Waals surface area contributed by atoms with E-state index in [9.17, 15) is 9.18 Å². The molecule has 168 valence electrons. The van der Waals surface area contributed by atoms with Crippen LogP contribution in [0.15, 0.2) is 83.6 Å². The number of nitrogens with zero attached hydrogens (tertiary/aromatic N) is 3. The molecule has 33 heavy (non-hydrogen) atoms. The predicted molar refractivity (Wildman–Crippen MR) is 124 cm³/mol. The molecule has 0 unspecified atom stereocenters. The van der Waals surface area contributed by atoms with Gasteiger partial charge >= 0.3 is 0 Å². The van der Waals surface area contributed by atoms with Crippen LogP contribution in [0, 0.1) is 5.82 Å². The molecule has 1 atom stereocenters. The summed E-state index contributed by atoms with van der Waals surface area (Å²) < 4.78 is 20.9. The van der Waals surface area contributed by atoms with E-state index in [0.717, 1.165) is 37.4 Å². The Kier molecular flexibility index (Phi) is 6.04. The first kappa shape index (κ1) is 21.2. The SMILES string of the molecule is O=C(NC[C@@H](c1ccco1)N1CCCC1)c1cn(-c2ccccc2)nc1-c1ccc(F)cc1. The van der Waals surface area contributed by atoms with Crippen LogP contribution < -0.4 is 5.32 Å². The van der Waals surface area contributed by atoms with Gasteiger partial charge in [-0.2, -0.15) is 5.10 Å². The maximum absolute atomic E-state index is 13.5. The summed E-state index contributed by atoms with van der Waals surface area (Å²) in [6, 6.07) is 19.4. The van der Waals surface area contributed by atoms with Crippen LogP contribution in [0.4, 0.5) is 4.39 Å². The number of carbonyl (C=O) groups excluding carboxylic acids is 1. The summed E-state index contributed by atoms with van der Waals surface area (Å²) in [5.41, 5.74) is 2.46. The van der Waals surface area contributed by atoms with Crippen molar-refractivity contribution in [1.82, 2.24) is 20.0 Å². The molecule has 2 aromatic heterocycles. The van der Waals surface area contributed by atoms with Crippen molar-refractivity contribution in [3.63, 3.8) is 0 Å². The van der Waals surface area contributed by atoms with Crippen molar-refractivity contribution in [3.8, 4) is 16.9 Å². The zero-order chi connectivity index (χ0) is 22.6. The molecular weight excluding hydrogens is 419 g/mol. The van der Waals surface area contributed by atoms with Gasteiger partial charge in [0, 0.05) is 18.3 Å². The number of carbonyl (C=O) groups is 1. The summed E-state index contributed by atoms with van der Waals surface area (Å²) >= 11 is 0. The van der Waals surface area contributed by atoms with E-state index in [1.807, 2.05) is 42.5 Å². The van der Waals surface area contributed by atoms with Crippen LogP contribution in [0.1, 0.15) is 35.0 Å². The maximum atomic E-state index is 13.5. The van der Waals surface area contributed by atoms with E-state index in [-0.39, 0.29) is 17.8 Å². The fourth-order valence-corrected chi connectivity index (χ4v) is 4.30. The Labute approximate surface area is 191 Å². The number of halogens is 1. The largest absolute Gasteiger partial charge is 0.468 e. The third kappa shape index (κ3) is 4.59. The van der Waals surface area contributed by atoms with Crippen molar-refractivity contribution in [2.45, 2.75) is 18.9 Å². The molecule has 0 bridgehead atoms. The predicted octanol–water partition coefficient (Wildman–Crippen LogP) is 4.84. The number of rotatable bonds is 7. The second-order valence-corrected chi connectivity index (χ2v) is 8.16. The van der Waals surface area contributed by atoms with Crippen molar-refractivity contribution >= 4 is 5.91 Å². The highest BCUT2D eigenvalue weighted by Gasteiger charge is 2.27. The molecule has 0 saturated carbocycles. The Bertz CT molecular complexity index is 1200. The van der Waals surface area contributed by atoms with Gasteiger partial charge in [-0.25, -0.2) is 9.07 Å². The zero-order valence-corrected chi connectivity index (χ0v) is 18.2. The minimum absolute atomic E-state index is 0.0233. The Morgan fingerprint density at radius 2 is 1.79 bits per heavy atom. The lowest BCUT2D eigenvalue weighted by atomic mass is 10.1. The summed E-state index contributed by atoms with van der Waals surface area (Å²) in [5, 5.41) is 7.74. The Balaban J connectivity index is 1.43. The molecule has 0 radical (unpaired) electrons. The molecule has 1 fully saturated rings. The molecule has 1 amide bonds. The summed E-state index contributed by atoms with van der Waals surface area (Å²) in [6.07, 6.45) is 5.67. The molecule has 7 heteroatoms. The molecule has 5 rings (SSSR count). The average molecular weight is 445 g/mol. The number of para-hydroxylation sites is 1. The number of likely N-dealkylation sites (tertiary alicyclic amines) is 1. The first-order chi connectivity index (χ1) is 16.2. The van der Waals surface area contributed by atoms with Gasteiger partial charge in [0.2, 0.25) is 0 Å². The van der Waals surface area contributed by atoms with Gasteiger partial charge in [0.15, 0.2) is 0 Å². The summed E-state index contributed by atoms with van der Waals surface area (Å²) in [5.74, 6) is 0.280. The van der Waals surface area contributed by atoms with E-state index in [1.165, 1.54) is 12.1 Å². The molecule has 6 nitrogen and oxygen atoms in total. The van der Waals surface area contributed by atoms with Crippen LogP contribution in [0.3, 0.4) is 0 Å². The minimum Gasteiger partial charge on any atom is -0.468 e. The van der Waals surface area contributed by atoms with E-state index in [0.29, 0.717) is 23.4 Å². The quantitative estimate of drug-likeness (QED) is 0.443. The van der Waals surface area contributed by atoms with Gasteiger partial charge in [-0.15, -0.1) is 0 Å². The second-order valence-electron chi connectivity index (χ2n) is 8.16. The first-order valence-corrected chi connectivity index (χ1v) is 11.2. The number of aromatic nitrogens is 2. The fraction of sp³-hybridized carbons (Fsp3) is 0.231. The fourth-order valence-electron chi connectivity index (χ4n) is 4.30. The summed E-state index contributed by atoms with van der Waals surface area (Å²) in [7, 11) is 0. The lowest BCUT2D eigenvalue weighted by Crippen LogP contribution is -2.36. The normalized spacial score (nSPS) is 14.9. The highest BCUT2D eigenvalue weighted by Crippen LogP contribution is 2.27. The van der Waals surface area contributed by atoms with Crippen LogP contribution in [0.25, 0.3) is 16.9 Å². The van der Waals surface area contributed by atoms with Crippen LogP contribution in [-0.4, -0.2) is 40.2 Å². The van der Waals surface area contributed by atoms with E-state index in [1.54, 1.807) is 29.3 Å². The van der Waals surface area contributed by atoms with Gasteiger partial charge in [0.1, 0.15) is 17.3 Å². The molecule has 1 saturated heterocycles. The van der Waals surface area contributed by atoms with Gasteiger partial charge in [-0.3, -0.25) is 9.69 Å². The van der Waals surface area contributed by atoms with E-state index in [2.05, 4.69) is 15.3 Å². The zero-order valence-electron chi connectivity index (χ0n) is 18.2. The van der Waals surface area contributed by atoms with Gasteiger partial charge in [-0.1, -0.05) is 18.2 Å². The number of hydrogen-bond donors (Lipinski definition) is 1. The van der Waals surface area contributed by atoms with E-state index in [4.69, 9.17) is 4.42 Å². The number of hydrogen-bond acceptors (Lipinski definition) is 4. The van der Waals surface area contributed by atoms with Crippen LogP contribution in [-0.2, 0) is 0 Å². The Morgan fingerprint density at radius 1 is 1.03 bits per heavy atom. The molecule has 2 aromatic carbocycles. The van der Waals surface area contributed by atoms with Crippen molar-refractivity contribution in [2.75, 3.05) is 19.6 Å². The molecule has 1 aliphatic heterocycles. The van der Waals surface area contributed by atoms with Gasteiger partial charge in [0.25, 0.3) is 5.91 Å². The molecule has 3 heterocycles. The summed E-state index contributed by atoms with van der Waals surface area (Å²) in [6.45, 7) is 2.38. The van der Waals surface area contributed by atoms with Crippen molar-refractivity contribution < 1.29 is 13.6 Å². The molecule has 4 aromatic rings. The smallest absolute Gasteiger partial charge is 0.255 e. The van der Waals surface area contributed by atoms with Crippen LogP contribution >= 0.6 is 0 Å². The summed E-state index contributed by atoms with van der Waals surface area (Å²) in [4.78, 5) is 15.7. The van der Waals surface area contributed by atoms with Crippen molar-refractivity contribution in [3.05, 3.63) is 96.3 Å². The number of benzene rings is 2. The van der Waals surface area contributed by atoms with Crippen molar-refractivity contribution in [1.29, 1.82) is 0 Å². The number of nitrogens with one attached hydrogen (secondary N) is 1. The highest BCUT2D eigenvalue weighted by molar-refractivity contribution is 6.00. The Hall–Kier alpha value is -3.71. The van der Waals surface area contributed by atoms with Crippen LogP contribution in [0.2, 0.25) is 0 Å². The molecule has 0 spiro atoms. The Morgan fingerprint density at radius 3 is 2.48 bits per heavy atom. The van der Waals surface area contributed by atoms with Gasteiger partial charge < -0.3 is 9.73 Å². The molecule has 0 aliphatic carbocycles. The van der Waals surface area contributed by atoms with E-state index >= 15 is 0 Å². The average Bonchev–Trinajstić information content (AvgIpc) is 3.62. The lowest BCUT2D eigenvalue weighted by molar-refractivity contribution is 0.0934. The monoisotopic (exact) mass is 444 g/mol. The maximum Gasteiger partial charge on any atom is 0.255 e.